The molecule has 2 atom stereocenters. The van der Waals surface area contributed by atoms with Gasteiger partial charge >= 0.3 is 0 Å². The van der Waals surface area contributed by atoms with Gasteiger partial charge in [-0.05, 0) is 35.6 Å². The van der Waals surface area contributed by atoms with Crippen molar-refractivity contribution in [3.05, 3.63) is 65.0 Å². The number of benzene rings is 1. The predicted octanol–water partition coefficient (Wildman–Crippen LogP) is 2.89. The second kappa shape index (κ2) is 5.14. The van der Waals surface area contributed by atoms with E-state index in [1.807, 2.05) is 18.3 Å². The minimum absolute atomic E-state index is 0.281. The maximum Gasteiger partial charge on any atom is 0.0667 e. The molecule has 1 aliphatic carbocycles. The summed E-state index contributed by atoms with van der Waals surface area (Å²) in [5, 5.41) is 10.4. The van der Waals surface area contributed by atoms with Crippen molar-refractivity contribution in [1.82, 2.24) is 4.98 Å². The Morgan fingerprint density at radius 2 is 2.11 bits per heavy atom. The lowest BCUT2D eigenvalue weighted by molar-refractivity contribution is 0.132. The first-order valence-corrected chi connectivity index (χ1v) is 6.97. The SMILES string of the molecule is CCc1ccc(CC(O)C2Cc3ccccc32)nc1. The molecule has 1 aliphatic rings. The summed E-state index contributed by atoms with van der Waals surface area (Å²) in [6, 6.07) is 12.5. The third kappa shape index (κ3) is 2.41. The van der Waals surface area contributed by atoms with E-state index in [2.05, 4.69) is 36.2 Å². The fourth-order valence-electron chi connectivity index (χ4n) is 2.78. The van der Waals surface area contributed by atoms with Crippen LogP contribution in [0.2, 0.25) is 0 Å². The van der Waals surface area contributed by atoms with Crippen molar-refractivity contribution in [2.45, 2.75) is 38.2 Å². The molecule has 2 heteroatoms. The number of pyridine rings is 1. The molecular formula is C17H19NO. The van der Waals surface area contributed by atoms with E-state index in [0.717, 1.165) is 18.5 Å². The molecular weight excluding hydrogens is 234 g/mol. The van der Waals surface area contributed by atoms with Gasteiger partial charge in [0.2, 0.25) is 0 Å². The van der Waals surface area contributed by atoms with Crippen molar-refractivity contribution in [1.29, 1.82) is 0 Å². The average molecular weight is 253 g/mol. The van der Waals surface area contributed by atoms with Crippen molar-refractivity contribution in [2.24, 2.45) is 0 Å². The molecule has 2 nitrogen and oxygen atoms in total. The van der Waals surface area contributed by atoms with Crippen molar-refractivity contribution >= 4 is 0 Å². The van der Waals surface area contributed by atoms with Gasteiger partial charge in [-0.2, -0.15) is 0 Å². The van der Waals surface area contributed by atoms with E-state index in [1.165, 1.54) is 16.7 Å². The second-order valence-electron chi connectivity index (χ2n) is 5.29. The highest BCUT2D eigenvalue weighted by molar-refractivity contribution is 5.41. The summed E-state index contributed by atoms with van der Waals surface area (Å²) in [7, 11) is 0. The number of hydrogen-bond donors (Lipinski definition) is 1. The van der Waals surface area contributed by atoms with Crippen LogP contribution in [0.1, 0.15) is 35.2 Å². The molecule has 1 heterocycles. The molecule has 2 aromatic rings. The standard InChI is InChI=1S/C17H19NO/c1-2-12-7-8-14(18-11-12)10-17(19)16-9-13-5-3-4-6-15(13)16/h3-8,11,16-17,19H,2,9-10H2,1H3. The van der Waals surface area contributed by atoms with E-state index in [0.29, 0.717) is 6.42 Å². The summed E-state index contributed by atoms with van der Waals surface area (Å²) in [5.74, 6) is 0.281. The van der Waals surface area contributed by atoms with Crippen LogP contribution < -0.4 is 0 Å². The van der Waals surface area contributed by atoms with Crippen LogP contribution in [-0.2, 0) is 19.3 Å². The normalized spacial score (nSPS) is 18.5. The first kappa shape index (κ1) is 12.4. The van der Waals surface area contributed by atoms with Crippen LogP contribution in [0.4, 0.5) is 0 Å². The molecule has 2 unspecified atom stereocenters. The van der Waals surface area contributed by atoms with Crippen molar-refractivity contribution in [3.63, 3.8) is 0 Å². The molecule has 0 saturated carbocycles. The fourth-order valence-corrected chi connectivity index (χ4v) is 2.78. The Hall–Kier alpha value is -1.67. The largest absolute Gasteiger partial charge is 0.392 e. The van der Waals surface area contributed by atoms with E-state index in [-0.39, 0.29) is 12.0 Å². The summed E-state index contributed by atoms with van der Waals surface area (Å²) >= 11 is 0. The van der Waals surface area contributed by atoms with Gasteiger partial charge in [0.25, 0.3) is 0 Å². The smallest absolute Gasteiger partial charge is 0.0667 e. The zero-order valence-corrected chi connectivity index (χ0v) is 11.2. The molecule has 19 heavy (non-hydrogen) atoms. The Bertz CT molecular complexity index is 562. The Kier molecular flexibility index (Phi) is 3.34. The molecule has 1 N–H and O–H groups in total. The lowest BCUT2D eigenvalue weighted by atomic mass is 9.73. The van der Waals surface area contributed by atoms with Gasteiger partial charge < -0.3 is 5.11 Å². The van der Waals surface area contributed by atoms with E-state index >= 15 is 0 Å². The third-order valence-electron chi connectivity index (χ3n) is 4.07. The molecule has 0 radical (unpaired) electrons. The Morgan fingerprint density at radius 3 is 2.79 bits per heavy atom. The van der Waals surface area contributed by atoms with Gasteiger partial charge in [0.15, 0.2) is 0 Å². The van der Waals surface area contributed by atoms with Crippen LogP contribution in [0.25, 0.3) is 0 Å². The minimum Gasteiger partial charge on any atom is -0.392 e. The molecule has 0 bridgehead atoms. The van der Waals surface area contributed by atoms with Gasteiger partial charge in [-0.1, -0.05) is 37.3 Å². The zero-order chi connectivity index (χ0) is 13.2. The lowest BCUT2D eigenvalue weighted by Crippen LogP contribution is -2.30. The highest BCUT2D eigenvalue weighted by atomic mass is 16.3. The Balaban J connectivity index is 1.67. The predicted molar refractivity (Wildman–Crippen MR) is 76.2 cm³/mol. The summed E-state index contributed by atoms with van der Waals surface area (Å²) < 4.78 is 0. The molecule has 0 fully saturated rings. The highest BCUT2D eigenvalue weighted by Gasteiger charge is 2.31. The number of hydrogen-bond acceptors (Lipinski definition) is 2. The molecule has 1 aromatic heterocycles. The number of fused-ring (bicyclic) bond motifs is 1. The summed E-state index contributed by atoms with van der Waals surface area (Å²) in [5.41, 5.74) is 4.90. The summed E-state index contributed by atoms with van der Waals surface area (Å²) in [4.78, 5) is 4.43. The molecule has 98 valence electrons. The number of rotatable bonds is 4. The molecule has 1 aromatic carbocycles. The fraction of sp³-hybridized carbons (Fsp3) is 0.353. The van der Waals surface area contributed by atoms with Crippen molar-refractivity contribution < 1.29 is 5.11 Å². The van der Waals surface area contributed by atoms with Crippen molar-refractivity contribution in [2.75, 3.05) is 0 Å². The van der Waals surface area contributed by atoms with Crippen LogP contribution in [0.3, 0.4) is 0 Å². The summed E-state index contributed by atoms with van der Waals surface area (Å²) in [6.07, 6.45) is 4.23. The van der Waals surface area contributed by atoms with Gasteiger partial charge in [0, 0.05) is 24.2 Å². The molecule has 0 spiro atoms. The first-order valence-electron chi connectivity index (χ1n) is 6.97. The average Bonchev–Trinajstić information content (AvgIpc) is 2.41. The summed E-state index contributed by atoms with van der Waals surface area (Å²) in [6.45, 7) is 2.12. The first-order chi connectivity index (χ1) is 9.28. The van der Waals surface area contributed by atoms with Gasteiger partial charge in [0.05, 0.1) is 6.10 Å². The van der Waals surface area contributed by atoms with Crippen LogP contribution >= 0.6 is 0 Å². The topological polar surface area (TPSA) is 33.1 Å². The van der Waals surface area contributed by atoms with E-state index in [1.54, 1.807) is 0 Å². The second-order valence-corrected chi connectivity index (χ2v) is 5.29. The van der Waals surface area contributed by atoms with Gasteiger partial charge in [-0.25, -0.2) is 0 Å². The lowest BCUT2D eigenvalue weighted by Gasteiger charge is -2.33. The molecule has 0 aliphatic heterocycles. The number of aliphatic hydroxyl groups excluding tert-OH is 1. The molecule has 0 amide bonds. The maximum atomic E-state index is 10.4. The quantitative estimate of drug-likeness (QED) is 0.909. The Labute approximate surface area is 114 Å². The van der Waals surface area contributed by atoms with Crippen molar-refractivity contribution in [3.8, 4) is 0 Å². The van der Waals surface area contributed by atoms with Crippen LogP contribution in [0, 0.1) is 0 Å². The van der Waals surface area contributed by atoms with Gasteiger partial charge in [-0.3, -0.25) is 4.98 Å². The van der Waals surface area contributed by atoms with E-state index in [9.17, 15) is 5.11 Å². The highest BCUT2D eigenvalue weighted by Crippen LogP contribution is 2.38. The molecule has 3 rings (SSSR count). The van der Waals surface area contributed by atoms with Crippen LogP contribution in [-0.4, -0.2) is 16.2 Å². The number of nitrogens with zero attached hydrogens (tertiary/aromatic N) is 1. The number of aliphatic hydroxyl groups is 1. The monoisotopic (exact) mass is 253 g/mol. The minimum atomic E-state index is -0.324. The number of aromatic nitrogens is 1. The third-order valence-corrected chi connectivity index (χ3v) is 4.07. The molecule has 0 saturated heterocycles. The van der Waals surface area contributed by atoms with E-state index in [4.69, 9.17) is 0 Å². The van der Waals surface area contributed by atoms with Crippen LogP contribution in [0.5, 0.6) is 0 Å². The van der Waals surface area contributed by atoms with Gasteiger partial charge in [0.1, 0.15) is 0 Å². The number of aryl methyl sites for hydroxylation is 1. The van der Waals surface area contributed by atoms with Gasteiger partial charge in [-0.15, -0.1) is 0 Å². The van der Waals surface area contributed by atoms with E-state index < -0.39 is 0 Å². The zero-order valence-electron chi connectivity index (χ0n) is 11.2. The van der Waals surface area contributed by atoms with Crippen LogP contribution in [0.15, 0.2) is 42.6 Å². The Morgan fingerprint density at radius 1 is 1.26 bits per heavy atom. The maximum absolute atomic E-state index is 10.4.